The van der Waals surface area contributed by atoms with Crippen LogP contribution in [0, 0.1) is 6.92 Å². The molecule has 0 radical (unpaired) electrons. The van der Waals surface area contributed by atoms with Crippen molar-refractivity contribution in [2.24, 2.45) is 0 Å². The van der Waals surface area contributed by atoms with Gasteiger partial charge < -0.3 is 5.32 Å². The predicted molar refractivity (Wildman–Crippen MR) is 85.6 cm³/mol. The van der Waals surface area contributed by atoms with Crippen LogP contribution < -0.4 is 5.32 Å². The molecule has 0 aliphatic heterocycles. The number of benzene rings is 1. The Balaban J connectivity index is 2.47. The molecule has 2 nitrogen and oxygen atoms in total. The summed E-state index contributed by atoms with van der Waals surface area (Å²) in [4.78, 5) is 4.37. The molecule has 1 heterocycles. The third-order valence-corrected chi connectivity index (χ3v) is 3.81. The first kappa shape index (κ1) is 15.3. The van der Waals surface area contributed by atoms with Crippen molar-refractivity contribution in [3.05, 3.63) is 63.4 Å². The minimum Gasteiger partial charge on any atom is -0.306 e. The highest BCUT2D eigenvalue weighted by Crippen LogP contribution is 2.31. The van der Waals surface area contributed by atoms with Gasteiger partial charge in [-0.05, 0) is 55.3 Å². The Morgan fingerprint density at radius 1 is 1.20 bits per heavy atom. The normalized spacial score (nSPS) is 12.4. The maximum absolute atomic E-state index is 6.35. The molecule has 1 atom stereocenters. The largest absolute Gasteiger partial charge is 0.306 e. The van der Waals surface area contributed by atoms with E-state index in [1.807, 2.05) is 25.1 Å². The number of hydrogen-bond acceptors (Lipinski definition) is 2. The van der Waals surface area contributed by atoms with Gasteiger partial charge in [0.15, 0.2) is 0 Å². The van der Waals surface area contributed by atoms with Gasteiger partial charge in [-0.2, -0.15) is 0 Å². The van der Waals surface area contributed by atoms with Gasteiger partial charge in [0.05, 0.1) is 6.04 Å². The quantitative estimate of drug-likeness (QED) is 0.859. The molecule has 0 aliphatic carbocycles. The first-order valence-corrected chi connectivity index (χ1v) is 7.49. The van der Waals surface area contributed by atoms with Crippen LogP contribution in [0.25, 0.3) is 0 Å². The van der Waals surface area contributed by atoms with E-state index in [1.165, 1.54) is 0 Å². The molecule has 20 heavy (non-hydrogen) atoms. The average Bonchev–Trinajstić information content (AvgIpc) is 2.44. The van der Waals surface area contributed by atoms with Gasteiger partial charge in [0.1, 0.15) is 0 Å². The molecule has 1 aromatic heterocycles. The molecule has 0 bridgehead atoms. The lowest BCUT2D eigenvalue weighted by Gasteiger charge is -2.22. The van der Waals surface area contributed by atoms with Gasteiger partial charge in [-0.3, -0.25) is 4.98 Å². The molecule has 0 saturated heterocycles. The Kier molecular flexibility index (Phi) is 5.41. The summed E-state index contributed by atoms with van der Waals surface area (Å²) in [7, 11) is 0. The maximum atomic E-state index is 6.35. The SMILES string of the molecule is CCCNC(c1cc(Cl)ccc1Cl)c1cccnc1C. The second-order valence-electron chi connectivity index (χ2n) is 4.73. The van der Waals surface area contributed by atoms with Gasteiger partial charge in [-0.15, -0.1) is 0 Å². The van der Waals surface area contributed by atoms with E-state index in [9.17, 15) is 0 Å². The molecule has 1 unspecified atom stereocenters. The zero-order chi connectivity index (χ0) is 14.5. The number of nitrogens with zero attached hydrogens (tertiary/aromatic N) is 1. The van der Waals surface area contributed by atoms with Gasteiger partial charge >= 0.3 is 0 Å². The first-order valence-electron chi connectivity index (χ1n) is 6.73. The van der Waals surface area contributed by atoms with Crippen LogP contribution in [0.5, 0.6) is 0 Å². The number of nitrogens with one attached hydrogen (secondary N) is 1. The van der Waals surface area contributed by atoms with Gasteiger partial charge in [0.25, 0.3) is 0 Å². The summed E-state index contributed by atoms with van der Waals surface area (Å²) in [5.74, 6) is 0. The van der Waals surface area contributed by atoms with Gasteiger partial charge in [-0.1, -0.05) is 36.2 Å². The fourth-order valence-electron chi connectivity index (χ4n) is 2.21. The summed E-state index contributed by atoms with van der Waals surface area (Å²) in [6.07, 6.45) is 2.85. The molecular formula is C16H18Cl2N2. The molecule has 106 valence electrons. The zero-order valence-electron chi connectivity index (χ0n) is 11.7. The van der Waals surface area contributed by atoms with E-state index in [-0.39, 0.29) is 6.04 Å². The summed E-state index contributed by atoms with van der Waals surface area (Å²) in [5.41, 5.74) is 3.12. The molecule has 4 heteroatoms. The van der Waals surface area contributed by atoms with E-state index in [0.717, 1.165) is 29.8 Å². The molecule has 2 aromatic rings. The van der Waals surface area contributed by atoms with Gasteiger partial charge in [0.2, 0.25) is 0 Å². The van der Waals surface area contributed by atoms with Crippen molar-refractivity contribution in [3.8, 4) is 0 Å². The summed E-state index contributed by atoms with van der Waals surface area (Å²) in [5, 5.41) is 4.93. The molecule has 1 aromatic carbocycles. The molecule has 0 amide bonds. The van der Waals surface area contributed by atoms with E-state index in [4.69, 9.17) is 23.2 Å². The van der Waals surface area contributed by atoms with Crippen molar-refractivity contribution in [2.45, 2.75) is 26.3 Å². The second kappa shape index (κ2) is 7.07. The molecule has 2 rings (SSSR count). The molecule has 0 fully saturated rings. The van der Waals surface area contributed by atoms with Crippen LogP contribution in [-0.4, -0.2) is 11.5 Å². The predicted octanol–water partition coefficient (Wildman–Crippen LogP) is 4.79. The Morgan fingerprint density at radius 3 is 2.70 bits per heavy atom. The third kappa shape index (κ3) is 3.51. The highest BCUT2D eigenvalue weighted by Gasteiger charge is 2.18. The minimum absolute atomic E-state index is 0.00912. The van der Waals surface area contributed by atoms with E-state index >= 15 is 0 Å². The van der Waals surface area contributed by atoms with Crippen molar-refractivity contribution in [2.75, 3.05) is 6.54 Å². The number of rotatable bonds is 5. The molecule has 1 N–H and O–H groups in total. The maximum Gasteiger partial charge on any atom is 0.0609 e. The third-order valence-electron chi connectivity index (χ3n) is 3.23. The lowest BCUT2D eigenvalue weighted by molar-refractivity contribution is 0.594. The highest BCUT2D eigenvalue weighted by atomic mass is 35.5. The summed E-state index contributed by atoms with van der Waals surface area (Å²) < 4.78 is 0. The molecular weight excluding hydrogens is 291 g/mol. The van der Waals surface area contributed by atoms with E-state index in [2.05, 4.69) is 23.3 Å². The zero-order valence-corrected chi connectivity index (χ0v) is 13.2. The highest BCUT2D eigenvalue weighted by molar-refractivity contribution is 6.33. The monoisotopic (exact) mass is 308 g/mol. The van der Waals surface area contributed by atoms with E-state index < -0.39 is 0 Å². The van der Waals surface area contributed by atoms with Crippen molar-refractivity contribution in [1.82, 2.24) is 10.3 Å². The van der Waals surface area contributed by atoms with E-state index in [0.29, 0.717) is 10.0 Å². The van der Waals surface area contributed by atoms with Crippen molar-refractivity contribution < 1.29 is 0 Å². The van der Waals surface area contributed by atoms with Crippen LogP contribution in [0.2, 0.25) is 10.0 Å². The van der Waals surface area contributed by atoms with Gasteiger partial charge in [-0.25, -0.2) is 0 Å². The molecule has 0 aliphatic rings. The van der Waals surface area contributed by atoms with E-state index in [1.54, 1.807) is 12.3 Å². The van der Waals surface area contributed by atoms with Crippen molar-refractivity contribution in [3.63, 3.8) is 0 Å². The Bertz CT molecular complexity index is 584. The number of pyridine rings is 1. The molecule has 0 spiro atoms. The van der Waals surface area contributed by atoms with Crippen LogP contribution in [0.1, 0.15) is 36.2 Å². The minimum atomic E-state index is 0.00912. The number of halogens is 2. The fraction of sp³-hybridized carbons (Fsp3) is 0.312. The van der Waals surface area contributed by atoms with Crippen molar-refractivity contribution in [1.29, 1.82) is 0 Å². The summed E-state index contributed by atoms with van der Waals surface area (Å²) in [6, 6.07) is 9.60. The molecule has 0 saturated carbocycles. The van der Waals surface area contributed by atoms with Crippen LogP contribution in [0.15, 0.2) is 36.5 Å². The standard InChI is InChI=1S/C16H18Cl2N2/c1-3-8-20-16(13-5-4-9-19-11(13)2)14-10-12(17)6-7-15(14)18/h4-7,9-10,16,20H,3,8H2,1-2H3. The van der Waals surface area contributed by atoms with Crippen LogP contribution >= 0.6 is 23.2 Å². The summed E-state index contributed by atoms with van der Waals surface area (Å²) >= 11 is 12.5. The lowest BCUT2D eigenvalue weighted by atomic mass is 9.97. The average molecular weight is 309 g/mol. The first-order chi connectivity index (χ1) is 9.63. The Morgan fingerprint density at radius 2 is 2.00 bits per heavy atom. The number of hydrogen-bond donors (Lipinski definition) is 1. The van der Waals surface area contributed by atoms with Crippen molar-refractivity contribution >= 4 is 23.2 Å². The second-order valence-corrected chi connectivity index (χ2v) is 5.57. The van der Waals surface area contributed by atoms with Crippen LogP contribution in [0.4, 0.5) is 0 Å². The smallest absolute Gasteiger partial charge is 0.0609 e. The lowest BCUT2D eigenvalue weighted by Crippen LogP contribution is -2.24. The Labute approximate surface area is 130 Å². The summed E-state index contributed by atoms with van der Waals surface area (Å²) in [6.45, 7) is 5.05. The number of aryl methyl sites for hydroxylation is 1. The fourth-order valence-corrected chi connectivity index (χ4v) is 2.62. The van der Waals surface area contributed by atoms with Crippen LogP contribution in [-0.2, 0) is 0 Å². The number of aromatic nitrogens is 1. The topological polar surface area (TPSA) is 24.9 Å². The van der Waals surface area contributed by atoms with Crippen LogP contribution in [0.3, 0.4) is 0 Å². The van der Waals surface area contributed by atoms with Gasteiger partial charge in [0, 0.05) is 21.9 Å². The Hall–Kier alpha value is -1.09.